The van der Waals surface area contributed by atoms with E-state index in [2.05, 4.69) is 10.6 Å². The Kier molecular flexibility index (Phi) is 6.23. The smallest absolute Gasteiger partial charge is 0.264 e. The Morgan fingerprint density at radius 3 is 2.44 bits per heavy atom. The van der Waals surface area contributed by atoms with Gasteiger partial charge in [0.15, 0.2) is 0 Å². The lowest BCUT2D eigenvalue weighted by atomic mass is 10.2. The van der Waals surface area contributed by atoms with Gasteiger partial charge in [-0.25, -0.2) is 8.42 Å². The van der Waals surface area contributed by atoms with Crippen molar-refractivity contribution < 1.29 is 18.0 Å². The van der Waals surface area contributed by atoms with Crippen LogP contribution in [-0.2, 0) is 27.8 Å². The normalized spacial score (nSPS) is 12.8. The van der Waals surface area contributed by atoms with Crippen LogP contribution in [0.25, 0.3) is 0 Å². The summed E-state index contributed by atoms with van der Waals surface area (Å²) >= 11 is 0. The number of hydrogen-bond acceptors (Lipinski definition) is 4. The minimum absolute atomic E-state index is 0.0374. The van der Waals surface area contributed by atoms with Crippen LogP contribution in [0.1, 0.15) is 21.5 Å². The number of sulfonamides is 1. The molecule has 7 nitrogen and oxygen atoms in total. The predicted octanol–water partition coefficient (Wildman–Crippen LogP) is 2.48. The van der Waals surface area contributed by atoms with Crippen molar-refractivity contribution in [1.29, 1.82) is 0 Å². The Hall–Kier alpha value is -3.65. The van der Waals surface area contributed by atoms with E-state index in [-0.39, 0.29) is 22.9 Å². The van der Waals surface area contributed by atoms with E-state index in [1.54, 1.807) is 12.1 Å². The third-order valence-electron chi connectivity index (χ3n) is 5.27. The molecule has 1 aliphatic heterocycles. The summed E-state index contributed by atoms with van der Waals surface area (Å²) in [5.74, 6) is -0.849. The summed E-state index contributed by atoms with van der Waals surface area (Å²) in [4.78, 5) is 24.6. The molecule has 2 N–H and O–H groups in total. The average Bonchev–Trinajstić information content (AvgIpc) is 3.27. The first-order chi connectivity index (χ1) is 15.4. The van der Waals surface area contributed by atoms with Gasteiger partial charge in [-0.3, -0.25) is 13.9 Å². The number of nitrogens with zero attached hydrogens (tertiary/aromatic N) is 1. The van der Waals surface area contributed by atoms with E-state index < -0.39 is 15.9 Å². The lowest BCUT2D eigenvalue weighted by Crippen LogP contribution is -2.36. The Bertz CT molecular complexity index is 1240. The van der Waals surface area contributed by atoms with Crippen LogP contribution in [0.15, 0.2) is 83.8 Å². The number of benzene rings is 3. The number of nitrogens with one attached hydrogen (secondary N) is 2. The van der Waals surface area contributed by atoms with Crippen LogP contribution in [0.5, 0.6) is 0 Å². The lowest BCUT2D eigenvalue weighted by Gasteiger charge is -2.20. The van der Waals surface area contributed by atoms with Gasteiger partial charge < -0.3 is 10.6 Å². The summed E-state index contributed by atoms with van der Waals surface area (Å²) in [5.41, 5.74) is 2.77. The Labute approximate surface area is 187 Å². The summed E-state index contributed by atoms with van der Waals surface area (Å²) in [6.07, 6.45) is 0.647. The van der Waals surface area contributed by atoms with Crippen molar-refractivity contribution in [3.05, 3.63) is 95.6 Å². The molecular formula is C24H23N3O4S. The van der Waals surface area contributed by atoms with E-state index >= 15 is 0 Å². The molecule has 32 heavy (non-hydrogen) atoms. The number of amides is 2. The monoisotopic (exact) mass is 449 g/mol. The van der Waals surface area contributed by atoms with Crippen molar-refractivity contribution in [1.82, 2.24) is 10.6 Å². The summed E-state index contributed by atoms with van der Waals surface area (Å²) in [6.45, 7) is 0.516. The van der Waals surface area contributed by atoms with Crippen molar-refractivity contribution in [2.75, 3.05) is 17.4 Å². The van der Waals surface area contributed by atoms with Crippen molar-refractivity contribution in [2.45, 2.75) is 17.9 Å². The number of rotatable bonds is 7. The Morgan fingerprint density at radius 2 is 1.62 bits per heavy atom. The zero-order valence-corrected chi connectivity index (χ0v) is 18.1. The quantitative estimate of drug-likeness (QED) is 0.579. The standard InChI is InChI=1S/C24H23N3O4S/c28-23(25-16-18-7-2-1-3-8-18)17-26-24(29)20-10-6-11-21(15-20)32(30,31)27-14-13-19-9-4-5-12-22(19)27/h1-12,15H,13-14,16-17H2,(H,25,28)(H,26,29). The van der Waals surface area contributed by atoms with Crippen LogP contribution in [0.3, 0.4) is 0 Å². The van der Waals surface area contributed by atoms with Crippen LogP contribution in [0.2, 0.25) is 0 Å². The highest BCUT2D eigenvalue weighted by Crippen LogP contribution is 2.32. The van der Waals surface area contributed by atoms with E-state index in [9.17, 15) is 18.0 Å². The number of para-hydroxylation sites is 1. The van der Waals surface area contributed by atoms with E-state index in [1.165, 1.54) is 28.6 Å². The third kappa shape index (κ3) is 4.65. The van der Waals surface area contributed by atoms with Crippen molar-refractivity contribution in [3.8, 4) is 0 Å². The average molecular weight is 450 g/mol. The molecular weight excluding hydrogens is 426 g/mol. The second kappa shape index (κ2) is 9.23. The number of carbonyl (C=O) groups excluding carboxylic acids is 2. The van der Waals surface area contributed by atoms with Gasteiger partial charge in [0.05, 0.1) is 17.1 Å². The SMILES string of the molecule is O=C(CNC(=O)c1cccc(S(=O)(=O)N2CCc3ccccc32)c1)NCc1ccccc1. The Morgan fingerprint density at radius 1 is 0.875 bits per heavy atom. The van der Waals surface area contributed by atoms with Crippen LogP contribution in [-0.4, -0.2) is 33.3 Å². The topological polar surface area (TPSA) is 95.6 Å². The first-order valence-electron chi connectivity index (χ1n) is 10.2. The molecule has 0 atom stereocenters. The first-order valence-corrected chi connectivity index (χ1v) is 11.7. The summed E-state index contributed by atoms with van der Waals surface area (Å²) in [6, 6.07) is 22.7. The molecule has 2 amide bonds. The predicted molar refractivity (Wildman–Crippen MR) is 122 cm³/mol. The Balaban J connectivity index is 1.40. The second-order valence-electron chi connectivity index (χ2n) is 7.43. The fourth-order valence-corrected chi connectivity index (χ4v) is 5.15. The van der Waals surface area contributed by atoms with Gasteiger partial charge in [-0.1, -0.05) is 54.6 Å². The van der Waals surface area contributed by atoms with E-state index in [0.29, 0.717) is 25.2 Å². The van der Waals surface area contributed by atoms with Gasteiger partial charge in [0.2, 0.25) is 5.91 Å². The largest absolute Gasteiger partial charge is 0.350 e. The summed E-state index contributed by atoms with van der Waals surface area (Å²) in [7, 11) is -3.80. The molecule has 164 valence electrons. The number of anilines is 1. The summed E-state index contributed by atoms with van der Waals surface area (Å²) in [5, 5.41) is 5.27. The molecule has 0 radical (unpaired) electrons. The van der Waals surface area contributed by atoms with Gasteiger partial charge in [0.25, 0.3) is 15.9 Å². The van der Waals surface area contributed by atoms with Gasteiger partial charge in [-0.05, 0) is 41.8 Å². The molecule has 0 saturated carbocycles. The first kappa shape index (κ1) is 21.6. The fourth-order valence-electron chi connectivity index (χ4n) is 3.60. The maximum absolute atomic E-state index is 13.2. The number of carbonyl (C=O) groups is 2. The molecule has 0 aliphatic carbocycles. The molecule has 0 fully saturated rings. The number of hydrogen-bond donors (Lipinski definition) is 2. The highest BCUT2D eigenvalue weighted by molar-refractivity contribution is 7.92. The summed E-state index contributed by atoms with van der Waals surface area (Å²) < 4.78 is 27.7. The zero-order chi connectivity index (χ0) is 22.6. The molecule has 0 bridgehead atoms. The highest BCUT2D eigenvalue weighted by atomic mass is 32.2. The molecule has 8 heteroatoms. The second-order valence-corrected chi connectivity index (χ2v) is 9.29. The molecule has 0 unspecified atom stereocenters. The maximum atomic E-state index is 13.2. The fraction of sp³-hybridized carbons (Fsp3) is 0.167. The molecule has 0 spiro atoms. The van der Waals surface area contributed by atoms with E-state index in [1.807, 2.05) is 42.5 Å². The van der Waals surface area contributed by atoms with Gasteiger partial charge in [-0.2, -0.15) is 0 Å². The van der Waals surface area contributed by atoms with Crippen molar-refractivity contribution in [3.63, 3.8) is 0 Å². The van der Waals surface area contributed by atoms with Crippen LogP contribution < -0.4 is 14.9 Å². The lowest BCUT2D eigenvalue weighted by molar-refractivity contribution is -0.120. The molecule has 3 aromatic carbocycles. The molecule has 4 rings (SSSR count). The minimum Gasteiger partial charge on any atom is -0.350 e. The number of fused-ring (bicyclic) bond motifs is 1. The molecule has 0 saturated heterocycles. The molecule has 1 aliphatic rings. The van der Waals surface area contributed by atoms with E-state index in [0.717, 1.165) is 11.1 Å². The molecule has 3 aromatic rings. The van der Waals surface area contributed by atoms with Gasteiger partial charge in [-0.15, -0.1) is 0 Å². The maximum Gasteiger partial charge on any atom is 0.264 e. The zero-order valence-electron chi connectivity index (χ0n) is 17.3. The minimum atomic E-state index is -3.80. The third-order valence-corrected chi connectivity index (χ3v) is 7.08. The molecule has 1 heterocycles. The van der Waals surface area contributed by atoms with Gasteiger partial charge in [0.1, 0.15) is 0 Å². The van der Waals surface area contributed by atoms with Crippen LogP contribution in [0, 0.1) is 0 Å². The van der Waals surface area contributed by atoms with Crippen molar-refractivity contribution >= 4 is 27.5 Å². The van der Waals surface area contributed by atoms with Crippen LogP contribution >= 0.6 is 0 Å². The van der Waals surface area contributed by atoms with Gasteiger partial charge in [0, 0.05) is 18.7 Å². The van der Waals surface area contributed by atoms with Gasteiger partial charge >= 0.3 is 0 Å². The van der Waals surface area contributed by atoms with Crippen LogP contribution in [0.4, 0.5) is 5.69 Å². The molecule has 0 aromatic heterocycles. The van der Waals surface area contributed by atoms with Crippen molar-refractivity contribution in [2.24, 2.45) is 0 Å². The van der Waals surface area contributed by atoms with E-state index in [4.69, 9.17) is 0 Å². The highest BCUT2D eigenvalue weighted by Gasteiger charge is 2.30.